The molecular weight excluding hydrogens is 176 g/mol. The summed E-state index contributed by atoms with van der Waals surface area (Å²) in [6, 6.07) is -0.760. The van der Waals surface area contributed by atoms with E-state index in [0.29, 0.717) is 6.61 Å². The summed E-state index contributed by atoms with van der Waals surface area (Å²) < 4.78 is 4.72. The fraction of sp³-hybridized carbons (Fsp3) is 0.571. The third-order valence-corrected chi connectivity index (χ3v) is 1.72. The number of methoxy groups -OCH3 is 1. The molecule has 2 N–H and O–H groups in total. The van der Waals surface area contributed by atoms with Crippen LogP contribution in [0, 0.1) is 5.92 Å². The lowest BCUT2D eigenvalue weighted by Crippen LogP contribution is -2.55. The van der Waals surface area contributed by atoms with Crippen molar-refractivity contribution in [3.05, 3.63) is 0 Å². The van der Waals surface area contributed by atoms with E-state index in [1.807, 2.05) is 10.6 Å². The fourth-order valence-corrected chi connectivity index (χ4v) is 1.05. The summed E-state index contributed by atoms with van der Waals surface area (Å²) in [4.78, 5) is 32.8. The second-order valence-electron chi connectivity index (χ2n) is 2.64. The van der Waals surface area contributed by atoms with Gasteiger partial charge in [-0.25, -0.2) is 4.79 Å². The van der Waals surface area contributed by atoms with Gasteiger partial charge in [0.05, 0.1) is 0 Å². The van der Waals surface area contributed by atoms with Crippen molar-refractivity contribution in [1.29, 1.82) is 0 Å². The summed E-state index contributed by atoms with van der Waals surface area (Å²) in [6.07, 6.45) is 0.279. The van der Waals surface area contributed by atoms with Crippen LogP contribution in [0.4, 0.5) is 4.79 Å². The third-order valence-electron chi connectivity index (χ3n) is 1.72. The Hall–Kier alpha value is -1.43. The summed E-state index contributed by atoms with van der Waals surface area (Å²) in [6.45, 7) is 0.305. The Morgan fingerprint density at radius 1 is 1.23 bits per heavy atom. The van der Waals surface area contributed by atoms with Crippen molar-refractivity contribution in [3.8, 4) is 0 Å². The van der Waals surface area contributed by atoms with Gasteiger partial charge in [0, 0.05) is 13.7 Å². The monoisotopic (exact) mass is 186 g/mol. The Bertz CT molecular complexity index is 231. The molecule has 1 fully saturated rings. The van der Waals surface area contributed by atoms with Crippen LogP contribution in [0.25, 0.3) is 0 Å². The van der Waals surface area contributed by atoms with Gasteiger partial charge in [0.1, 0.15) is 5.92 Å². The number of urea groups is 1. The lowest BCUT2D eigenvalue weighted by atomic mass is 10.0. The molecule has 0 atom stereocenters. The molecule has 0 aromatic rings. The highest BCUT2D eigenvalue weighted by atomic mass is 16.5. The van der Waals surface area contributed by atoms with Crippen LogP contribution in [0.15, 0.2) is 0 Å². The summed E-state index contributed by atoms with van der Waals surface area (Å²) in [5.41, 5.74) is 0. The van der Waals surface area contributed by atoms with Crippen LogP contribution in [-0.4, -0.2) is 31.6 Å². The molecule has 0 bridgehead atoms. The molecule has 1 saturated heterocycles. The molecular formula is C7H10N2O4. The second kappa shape index (κ2) is 3.99. The first-order valence-corrected chi connectivity index (χ1v) is 3.79. The number of rotatable bonds is 3. The van der Waals surface area contributed by atoms with E-state index in [-0.39, 0.29) is 6.42 Å². The van der Waals surface area contributed by atoms with Gasteiger partial charge in [0.15, 0.2) is 0 Å². The van der Waals surface area contributed by atoms with Crippen LogP contribution in [0.5, 0.6) is 0 Å². The van der Waals surface area contributed by atoms with E-state index < -0.39 is 23.8 Å². The molecule has 6 heteroatoms. The molecule has 6 nitrogen and oxygen atoms in total. The van der Waals surface area contributed by atoms with E-state index in [1.54, 1.807) is 0 Å². The fourth-order valence-electron chi connectivity index (χ4n) is 1.05. The Morgan fingerprint density at radius 2 is 1.77 bits per heavy atom. The van der Waals surface area contributed by atoms with Crippen LogP contribution in [0.3, 0.4) is 0 Å². The van der Waals surface area contributed by atoms with E-state index >= 15 is 0 Å². The molecule has 0 saturated carbocycles. The minimum absolute atomic E-state index is 0.279. The number of nitrogens with one attached hydrogen (secondary N) is 2. The first kappa shape index (κ1) is 9.66. The van der Waals surface area contributed by atoms with Crippen molar-refractivity contribution >= 4 is 17.8 Å². The van der Waals surface area contributed by atoms with Gasteiger partial charge in [-0.05, 0) is 6.42 Å². The maximum Gasteiger partial charge on any atom is 0.328 e. The zero-order chi connectivity index (χ0) is 9.84. The molecule has 0 radical (unpaired) electrons. The highest BCUT2D eigenvalue weighted by Crippen LogP contribution is 2.06. The molecule has 0 unspecified atom stereocenters. The smallest absolute Gasteiger partial charge is 0.328 e. The Morgan fingerprint density at radius 3 is 2.23 bits per heavy atom. The Labute approximate surface area is 74.6 Å². The van der Waals surface area contributed by atoms with Crippen LogP contribution < -0.4 is 10.6 Å². The number of hydrogen-bond donors (Lipinski definition) is 2. The molecule has 0 aromatic heterocycles. The van der Waals surface area contributed by atoms with Gasteiger partial charge in [0.25, 0.3) is 0 Å². The predicted molar refractivity (Wildman–Crippen MR) is 41.7 cm³/mol. The Balaban J connectivity index is 2.56. The molecule has 1 heterocycles. The van der Waals surface area contributed by atoms with Crippen molar-refractivity contribution < 1.29 is 19.1 Å². The molecule has 4 amide bonds. The minimum atomic E-state index is -0.822. The highest BCUT2D eigenvalue weighted by molar-refractivity contribution is 6.16. The first-order valence-electron chi connectivity index (χ1n) is 3.79. The molecule has 1 aliphatic rings. The van der Waals surface area contributed by atoms with Gasteiger partial charge in [-0.2, -0.15) is 0 Å². The van der Waals surface area contributed by atoms with Crippen LogP contribution in [-0.2, 0) is 14.3 Å². The topological polar surface area (TPSA) is 84.5 Å². The summed E-state index contributed by atoms with van der Waals surface area (Å²) in [7, 11) is 1.48. The standard InChI is InChI=1S/C7H10N2O4/c1-13-3-2-4-5(10)8-7(12)9-6(4)11/h4H,2-3H2,1H3,(H2,8,9,10,11,12). The van der Waals surface area contributed by atoms with Crippen LogP contribution >= 0.6 is 0 Å². The predicted octanol–water partition coefficient (Wildman–Crippen LogP) is -0.995. The zero-order valence-corrected chi connectivity index (χ0v) is 7.12. The van der Waals surface area contributed by atoms with Crippen LogP contribution in [0.1, 0.15) is 6.42 Å². The normalized spacial score (nSPS) is 18.4. The number of barbiturate groups is 1. The highest BCUT2D eigenvalue weighted by Gasteiger charge is 2.33. The van der Waals surface area contributed by atoms with Gasteiger partial charge < -0.3 is 4.74 Å². The lowest BCUT2D eigenvalue weighted by Gasteiger charge is -2.19. The number of carbonyl (C=O) groups is 3. The third kappa shape index (κ3) is 2.25. The maximum absolute atomic E-state index is 11.1. The minimum Gasteiger partial charge on any atom is -0.385 e. The molecule has 13 heavy (non-hydrogen) atoms. The van der Waals surface area contributed by atoms with E-state index in [1.165, 1.54) is 7.11 Å². The van der Waals surface area contributed by atoms with Crippen LogP contribution in [0.2, 0.25) is 0 Å². The van der Waals surface area contributed by atoms with Crippen molar-refractivity contribution in [2.24, 2.45) is 5.92 Å². The molecule has 0 spiro atoms. The molecule has 0 aromatic carbocycles. The SMILES string of the molecule is COCCC1C(=O)NC(=O)NC1=O. The van der Waals surface area contributed by atoms with Gasteiger partial charge in [-0.15, -0.1) is 0 Å². The van der Waals surface area contributed by atoms with Crippen molar-refractivity contribution in [2.45, 2.75) is 6.42 Å². The van der Waals surface area contributed by atoms with Gasteiger partial charge >= 0.3 is 6.03 Å². The lowest BCUT2D eigenvalue weighted by molar-refractivity contribution is -0.136. The molecule has 0 aliphatic carbocycles. The maximum atomic E-state index is 11.1. The van der Waals surface area contributed by atoms with Gasteiger partial charge in [-0.1, -0.05) is 0 Å². The Kier molecular flexibility index (Phi) is 2.97. The quantitative estimate of drug-likeness (QED) is 0.554. The largest absolute Gasteiger partial charge is 0.385 e. The van der Waals surface area contributed by atoms with Crippen molar-refractivity contribution in [1.82, 2.24) is 10.6 Å². The van der Waals surface area contributed by atoms with Crippen molar-refractivity contribution in [2.75, 3.05) is 13.7 Å². The summed E-state index contributed by atoms with van der Waals surface area (Å²) in [5, 5.41) is 4.01. The molecule has 1 rings (SSSR count). The molecule has 72 valence electrons. The van der Waals surface area contributed by atoms with Gasteiger partial charge in [0.2, 0.25) is 11.8 Å². The number of amides is 4. The first-order chi connectivity index (χ1) is 6.15. The number of ether oxygens (including phenoxy) is 1. The number of hydrogen-bond acceptors (Lipinski definition) is 4. The van der Waals surface area contributed by atoms with E-state index in [4.69, 9.17) is 4.74 Å². The summed E-state index contributed by atoms with van der Waals surface area (Å²) in [5.74, 6) is -1.95. The zero-order valence-electron chi connectivity index (χ0n) is 7.12. The number of carbonyl (C=O) groups excluding carboxylic acids is 3. The summed E-state index contributed by atoms with van der Waals surface area (Å²) >= 11 is 0. The van der Waals surface area contributed by atoms with E-state index in [0.717, 1.165) is 0 Å². The van der Waals surface area contributed by atoms with Gasteiger partial charge in [-0.3, -0.25) is 20.2 Å². The average Bonchev–Trinajstić information content (AvgIpc) is 2.02. The second-order valence-corrected chi connectivity index (χ2v) is 2.64. The molecule has 1 aliphatic heterocycles. The van der Waals surface area contributed by atoms with Crippen molar-refractivity contribution in [3.63, 3.8) is 0 Å². The average molecular weight is 186 g/mol. The number of imide groups is 2. The van der Waals surface area contributed by atoms with E-state index in [9.17, 15) is 14.4 Å². The van der Waals surface area contributed by atoms with E-state index in [2.05, 4.69) is 0 Å².